The maximum atomic E-state index is 12.6. The van der Waals surface area contributed by atoms with Crippen LogP contribution in [0, 0.1) is 19.8 Å². The van der Waals surface area contributed by atoms with Gasteiger partial charge in [-0.25, -0.2) is 4.98 Å². The van der Waals surface area contributed by atoms with E-state index < -0.39 is 0 Å². The summed E-state index contributed by atoms with van der Waals surface area (Å²) < 4.78 is 0. The summed E-state index contributed by atoms with van der Waals surface area (Å²) in [5.74, 6) is -0.317. The Balaban J connectivity index is 1.53. The summed E-state index contributed by atoms with van der Waals surface area (Å²) >= 11 is 7.59. The van der Waals surface area contributed by atoms with Gasteiger partial charge in [0.25, 0.3) is 0 Å². The van der Waals surface area contributed by atoms with Gasteiger partial charge in [-0.2, -0.15) is 0 Å². The van der Waals surface area contributed by atoms with E-state index in [2.05, 4.69) is 15.6 Å². The van der Waals surface area contributed by atoms with Gasteiger partial charge in [0.2, 0.25) is 11.8 Å². The lowest BCUT2D eigenvalue weighted by molar-refractivity contribution is -0.123. The Morgan fingerprint density at radius 1 is 1.30 bits per heavy atom. The Bertz CT molecular complexity index is 819. The minimum absolute atomic E-state index is 0.0561. The van der Waals surface area contributed by atoms with Crippen LogP contribution in [0.1, 0.15) is 23.4 Å². The molecular weight excluding hydrogens is 384 g/mol. The van der Waals surface area contributed by atoms with Gasteiger partial charge in [0.1, 0.15) is 0 Å². The summed E-state index contributed by atoms with van der Waals surface area (Å²) in [5, 5.41) is 6.89. The summed E-state index contributed by atoms with van der Waals surface area (Å²) in [4.78, 5) is 32.3. The molecule has 1 aromatic carbocycles. The van der Waals surface area contributed by atoms with E-state index in [4.69, 9.17) is 11.6 Å². The summed E-state index contributed by atoms with van der Waals surface area (Å²) in [6.45, 7) is 5.52. The van der Waals surface area contributed by atoms with Crippen LogP contribution >= 0.6 is 22.9 Å². The number of piperidine rings is 1. The number of benzene rings is 1. The molecule has 6 nitrogen and oxygen atoms in total. The van der Waals surface area contributed by atoms with Crippen molar-refractivity contribution in [2.75, 3.05) is 30.3 Å². The molecular formula is C19H23ClN4O2S. The number of halogens is 1. The molecule has 1 unspecified atom stereocenters. The number of carbonyl (C=O) groups is 2. The maximum absolute atomic E-state index is 12.6. The molecule has 2 aromatic rings. The quantitative estimate of drug-likeness (QED) is 0.793. The van der Waals surface area contributed by atoms with Crippen LogP contribution in [0.15, 0.2) is 24.3 Å². The fourth-order valence-electron chi connectivity index (χ4n) is 3.10. The zero-order valence-corrected chi connectivity index (χ0v) is 17.0. The molecule has 2 heterocycles. The minimum atomic E-state index is -0.160. The number of likely N-dealkylation sites (tertiary alicyclic amines) is 1. The third-order valence-corrected chi connectivity index (χ3v) is 5.97. The SMILES string of the molecule is Cc1nc(NC(=O)CN2CCCC(C(=O)Nc3ccccc3Cl)C2)sc1C. The van der Waals surface area contributed by atoms with Gasteiger partial charge in [0.05, 0.1) is 28.9 Å². The third-order valence-electron chi connectivity index (χ3n) is 4.65. The number of nitrogens with zero attached hydrogens (tertiary/aromatic N) is 2. The Morgan fingerprint density at radius 2 is 2.07 bits per heavy atom. The molecule has 0 bridgehead atoms. The van der Waals surface area contributed by atoms with Gasteiger partial charge < -0.3 is 10.6 Å². The van der Waals surface area contributed by atoms with E-state index in [1.807, 2.05) is 30.9 Å². The van der Waals surface area contributed by atoms with Crippen molar-refractivity contribution >= 4 is 45.6 Å². The van der Waals surface area contributed by atoms with Crippen LogP contribution in [0.25, 0.3) is 0 Å². The summed E-state index contributed by atoms with van der Waals surface area (Å²) in [5.41, 5.74) is 1.55. The van der Waals surface area contributed by atoms with Gasteiger partial charge in [0.15, 0.2) is 5.13 Å². The first-order chi connectivity index (χ1) is 12.9. The van der Waals surface area contributed by atoms with Gasteiger partial charge in [-0.1, -0.05) is 23.7 Å². The van der Waals surface area contributed by atoms with Crippen molar-refractivity contribution in [2.45, 2.75) is 26.7 Å². The number of para-hydroxylation sites is 1. The van der Waals surface area contributed by atoms with Crippen molar-refractivity contribution in [1.29, 1.82) is 0 Å². The highest BCUT2D eigenvalue weighted by molar-refractivity contribution is 7.15. The third kappa shape index (κ3) is 5.28. The molecule has 0 saturated carbocycles. The molecule has 27 heavy (non-hydrogen) atoms. The predicted molar refractivity (Wildman–Crippen MR) is 109 cm³/mol. The molecule has 0 aliphatic carbocycles. The second-order valence-electron chi connectivity index (χ2n) is 6.75. The van der Waals surface area contributed by atoms with Crippen LogP contribution in [0.4, 0.5) is 10.8 Å². The first-order valence-corrected chi connectivity index (χ1v) is 10.1. The molecule has 1 aliphatic rings. The fourth-order valence-corrected chi connectivity index (χ4v) is 4.11. The van der Waals surface area contributed by atoms with Crippen molar-refractivity contribution in [3.8, 4) is 0 Å². The zero-order valence-electron chi connectivity index (χ0n) is 15.4. The lowest BCUT2D eigenvalue weighted by atomic mass is 9.97. The van der Waals surface area contributed by atoms with E-state index in [0.717, 1.165) is 30.0 Å². The molecule has 1 fully saturated rings. The topological polar surface area (TPSA) is 74.3 Å². The average Bonchev–Trinajstić information content (AvgIpc) is 2.94. The Kier molecular flexibility index (Phi) is 6.46. The Labute approximate surface area is 167 Å². The number of hydrogen-bond donors (Lipinski definition) is 2. The Hall–Kier alpha value is -1.96. The van der Waals surface area contributed by atoms with Crippen molar-refractivity contribution in [2.24, 2.45) is 5.92 Å². The molecule has 2 N–H and O–H groups in total. The number of amides is 2. The number of aryl methyl sites for hydroxylation is 2. The van der Waals surface area contributed by atoms with Crippen LogP contribution in [0.3, 0.4) is 0 Å². The van der Waals surface area contributed by atoms with Gasteiger partial charge >= 0.3 is 0 Å². The van der Waals surface area contributed by atoms with Crippen LogP contribution < -0.4 is 10.6 Å². The number of nitrogens with one attached hydrogen (secondary N) is 2. The number of rotatable bonds is 5. The van der Waals surface area contributed by atoms with Crippen molar-refractivity contribution in [3.05, 3.63) is 39.9 Å². The van der Waals surface area contributed by atoms with Gasteiger partial charge in [-0.05, 0) is 45.4 Å². The van der Waals surface area contributed by atoms with Crippen molar-refractivity contribution in [1.82, 2.24) is 9.88 Å². The first-order valence-electron chi connectivity index (χ1n) is 8.94. The first kappa shape index (κ1) is 19.8. The summed E-state index contributed by atoms with van der Waals surface area (Å²) in [6.07, 6.45) is 1.68. The standard InChI is InChI=1S/C19H23ClN4O2S/c1-12-13(2)27-19(21-12)23-17(25)11-24-9-5-6-14(10-24)18(26)22-16-8-4-3-7-15(16)20/h3-4,7-8,14H,5-6,9-11H2,1-2H3,(H,22,26)(H,21,23,25). The van der Waals surface area contributed by atoms with Crippen molar-refractivity contribution < 1.29 is 9.59 Å². The largest absolute Gasteiger partial charge is 0.324 e. The number of thiazole rings is 1. The van der Waals surface area contributed by atoms with Crippen LogP contribution in [0.2, 0.25) is 5.02 Å². The molecule has 144 valence electrons. The fraction of sp³-hybridized carbons (Fsp3) is 0.421. The van der Waals surface area contributed by atoms with Crippen LogP contribution in [-0.2, 0) is 9.59 Å². The van der Waals surface area contributed by atoms with Crippen LogP contribution in [0.5, 0.6) is 0 Å². The predicted octanol–water partition coefficient (Wildman–Crippen LogP) is 3.70. The van der Waals surface area contributed by atoms with Gasteiger partial charge in [-0.15, -0.1) is 11.3 Å². The van der Waals surface area contributed by atoms with Crippen molar-refractivity contribution in [3.63, 3.8) is 0 Å². The summed E-state index contributed by atoms with van der Waals surface area (Å²) in [6, 6.07) is 7.19. The molecule has 8 heteroatoms. The van der Waals surface area contributed by atoms with E-state index in [1.165, 1.54) is 11.3 Å². The van der Waals surface area contributed by atoms with E-state index in [0.29, 0.717) is 22.4 Å². The molecule has 1 aromatic heterocycles. The number of anilines is 2. The number of hydrogen-bond acceptors (Lipinski definition) is 5. The van der Waals surface area contributed by atoms with Gasteiger partial charge in [0, 0.05) is 11.4 Å². The smallest absolute Gasteiger partial charge is 0.240 e. The molecule has 3 rings (SSSR count). The van der Waals surface area contributed by atoms with E-state index in [1.54, 1.807) is 12.1 Å². The second kappa shape index (κ2) is 8.82. The molecule has 1 atom stereocenters. The highest BCUT2D eigenvalue weighted by atomic mass is 35.5. The monoisotopic (exact) mass is 406 g/mol. The highest BCUT2D eigenvalue weighted by Crippen LogP contribution is 2.24. The number of carbonyl (C=O) groups excluding carboxylic acids is 2. The Morgan fingerprint density at radius 3 is 2.78 bits per heavy atom. The lowest BCUT2D eigenvalue weighted by Crippen LogP contribution is -2.44. The second-order valence-corrected chi connectivity index (χ2v) is 8.36. The highest BCUT2D eigenvalue weighted by Gasteiger charge is 2.27. The van der Waals surface area contributed by atoms with Gasteiger partial charge in [-0.3, -0.25) is 14.5 Å². The van der Waals surface area contributed by atoms with E-state index in [9.17, 15) is 9.59 Å². The average molecular weight is 407 g/mol. The van der Waals surface area contributed by atoms with E-state index >= 15 is 0 Å². The zero-order chi connectivity index (χ0) is 19.4. The molecule has 2 amide bonds. The lowest BCUT2D eigenvalue weighted by Gasteiger charge is -2.31. The number of aromatic nitrogens is 1. The van der Waals surface area contributed by atoms with E-state index in [-0.39, 0.29) is 24.3 Å². The molecule has 0 radical (unpaired) electrons. The molecule has 0 spiro atoms. The molecule has 1 saturated heterocycles. The minimum Gasteiger partial charge on any atom is -0.324 e. The summed E-state index contributed by atoms with van der Waals surface area (Å²) in [7, 11) is 0. The normalized spacial score (nSPS) is 17.5. The maximum Gasteiger partial charge on any atom is 0.240 e. The molecule has 1 aliphatic heterocycles. The van der Waals surface area contributed by atoms with Crippen LogP contribution in [-0.4, -0.2) is 41.3 Å².